The second kappa shape index (κ2) is 8.38. The Hall–Kier alpha value is -2.75. The first kappa shape index (κ1) is 18.6. The van der Waals surface area contributed by atoms with Crippen molar-refractivity contribution in [3.63, 3.8) is 0 Å². The van der Waals surface area contributed by atoms with Gasteiger partial charge in [0, 0.05) is 10.7 Å². The molecular weight excluding hydrogens is 365 g/mol. The Kier molecular flexibility index (Phi) is 6.23. The third kappa shape index (κ3) is 4.63. The zero-order valence-corrected chi connectivity index (χ0v) is 14.4. The van der Waals surface area contributed by atoms with Crippen LogP contribution in [-0.2, 0) is 9.53 Å². The number of hydrogen-bond acceptors (Lipinski definition) is 5. The predicted octanol–water partition coefficient (Wildman–Crippen LogP) is 3.29. The van der Waals surface area contributed by atoms with Crippen molar-refractivity contribution in [1.82, 2.24) is 0 Å². The Morgan fingerprint density at radius 3 is 2.52 bits per heavy atom. The highest BCUT2D eigenvalue weighted by Crippen LogP contribution is 2.28. The maximum Gasteiger partial charge on any atom is 0.340 e. The van der Waals surface area contributed by atoms with Crippen LogP contribution in [0.4, 0.5) is 11.4 Å². The highest BCUT2D eigenvalue weighted by Gasteiger charge is 2.20. The van der Waals surface area contributed by atoms with E-state index >= 15 is 0 Å². The molecule has 0 aliphatic carbocycles. The molecule has 0 radical (unpaired) electrons. The smallest absolute Gasteiger partial charge is 0.340 e. The number of amides is 1. The maximum absolute atomic E-state index is 12.3. The largest absolute Gasteiger partial charge is 0.452 e. The SMILES string of the molecule is N#CCN(C(=O)COC(=O)c1cc(Cl)cc(Cl)c1N)c1ccccc1. The molecule has 0 aliphatic rings. The Morgan fingerprint density at radius 1 is 1.20 bits per heavy atom. The predicted molar refractivity (Wildman–Crippen MR) is 95.6 cm³/mol. The van der Waals surface area contributed by atoms with E-state index in [-0.39, 0.29) is 27.8 Å². The fourth-order valence-corrected chi connectivity index (χ4v) is 2.53. The van der Waals surface area contributed by atoms with Crippen molar-refractivity contribution in [3.8, 4) is 6.07 Å². The number of ether oxygens (including phenoxy) is 1. The van der Waals surface area contributed by atoms with Gasteiger partial charge in [-0.05, 0) is 24.3 Å². The number of carbonyl (C=O) groups excluding carboxylic acids is 2. The molecule has 0 aromatic heterocycles. The van der Waals surface area contributed by atoms with E-state index in [1.54, 1.807) is 30.3 Å². The quantitative estimate of drug-likeness (QED) is 0.489. The van der Waals surface area contributed by atoms with Gasteiger partial charge in [0.05, 0.1) is 22.3 Å². The normalized spacial score (nSPS) is 9.96. The molecule has 0 saturated carbocycles. The Labute approximate surface area is 154 Å². The lowest BCUT2D eigenvalue weighted by atomic mass is 10.2. The van der Waals surface area contributed by atoms with Gasteiger partial charge in [-0.15, -0.1) is 0 Å². The van der Waals surface area contributed by atoms with E-state index in [0.29, 0.717) is 5.69 Å². The molecule has 0 atom stereocenters. The minimum absolute atomic E-state index is 0.0143. The van der Waals surface area contributed by atoms with Gasteiger partial charge >= 0.3 is 5.97 Å². The second-order valence-electron chi connectivity index (χ2n) is 4.90. The zero-order valence-electron chi connectivity index (χ0n) is 12.9. The number of benzene rings is 2. The van der Waals surface area contributed by atoms with Crippen LogP contribution < -0.4 is 10.6 Å². The van der Waals surface area contributed by atoms with Crippen LogP contribution in [0.5, 0.6) is 0 Å². The number of esters is 1. The van der Waals surface area contributed by atoms with Crippen molar-refractivity contribution in [2.45, 2.75) is 0 Å². The molecule has 0 spiro atoms. The van der Waals surface area contributed by atoms with Gasteiger partial charge in [-0.2, -0.15) is 5.26 Å². The summed E-state index contributed by atoms with van der Waals surface area (Å²) in [4.78, 5) is 25.6. The molecule has 2 aromatic rings. The average molecular weight is 378 g/mol. The Balaban J connectivity index is 2.10. The molecule has 2 N–H and O–H groups in total. The fraction of sp³-hybridized carbons (Fsp3) is 0.118. The summed E-state index contributed by atoms with van der Waals surface area (Å²) in [6.07, 6.45) is 0. The number of nitriles is 1. The van der Waals surface area contributed by atoms with Crippen molar-refractivity contribution in [1.29, 1.82) is 5.26 Å². The van der Waals surface area contributed by atoms with E-state index in [1.807, 2.05) is 6.07 Å². The van der Waals surface area contributed by atoms with E-state index in [2.05, 4.69) is 0 Å². The summed E-state index contributed by atoms with van der Waals surface area (Å²) in [7, 11) is 0. The number of rotatable bonds is 5. The minimum atomic E-state index is -0.833. The maximum atomic E-state index is 12.3. The number of anilines is 2. The summed E-state index contributed by atoms with van der Waals surface area (Å²) in [6.45, 7) is -0.732. The van der Waals surface area contributed by atoms with E-state index in [0.717, 1.165) is 0 Å². The first-order chi connectivity index (χ1) is 11.9. The van der Waals surface area contributed by atoms with Gasteiger partial charge in [0.1, 0.15) is 6.54 Å². The number of nitrogens with two attached hydrogens (primary N) is 1. The first-order valence-corrected chi connectivity index (χ1v) is 7.83. The first-order valence-electron chi connectivity index (χ1n) is 7.08. The topological polar surface area (TPSA) is 96.4 Å². The van der Waals surface area contributed by atoms with Crippen molar-refractivity contribution in [2.24, 2.45) is 0 Å². The molecular formula is C17H13Cl2N3O3. The van der Waals surface area contributed by atoms with Crippen molar-refractivity contribution in [2.75, 3.05) is 23.8 Å². The molecule has 6 nitrogen and oxygen atoms in total. The molecule has 128 valence electrons. The van der Waals surface area contributed by atoms with E-state index < -0.39 is 18.5 Å². The van der Waals surface area contributed by atoms with Crippen LogP contribution in [0.15, 0.2) is 42.5 Å². The number of para-hydroxylation sites is 1. The zero-order chi connectivity index (χ0) is 18.4. The van der Waals surface area contributed by atoms with E-state index in [1.165, 1.54) is 17.0 Å². The van der Waals surface area contributed by atoms with Gasteiger partial charge in [0.15, 0.2) is 6.61 Å². The van der Waals surface area contributed by atoms with Crippen LogP contribution in [0.2, 0.25) is 10.0 Å². The van der Waals surface area contributed by atoms with Crippen molar-refractivity contribution in [3.05, 3.63) is 58.1 Å². The van der Waals surface area contributed by atoms with Gasteiger partial charge < -0.3 is 10.5 Å². The number of halogens is 2. The summed E-state index contributed by atoms with van der Waals surface area (Å²) in [6, 6.07) is 13.2. The molecule has 2 aromatic carbocycles. The third-order valence-electron chi connectivity index (χ3n) is 3.24. The summed E-state index contributed by atoms with van der Waals surface area (Å²) in [5.41, 5.74) is 6.23. The Bertz CT molecular complexity index is 835. The molecule has 0 heterocycles. The van der Waals surface area contributed by atoms with Crippen LogP contribution in [0, 0.1) is 11.3 Å². The van der Waals surface area contributed by atoms with Gasteiger partial charge in [0.25, 0.3) is 5.91 Å². The monoisotopic (exact) mass is 377 g/mol. The standard InChI is InChI=1S/C17H13Cl2N3O3/c18-11-8-13(16(21)14(19)9-11)17(24)25-10-15(23)22(7-6-20)12-4-2-1-3-5-12/h1-5,8-9H,7,10,21H2. The molecule has 25 heavy (non-hydrogen) atoms. The van der Waals surface area contributed by atoms with Gasteiger partial charge in [-0.25, -0.2) is 4.79 Å². The summed E-state index contributed by atoms with van der Waals surface area (Å²) in [5.74, 6) is -1.38. The highest BCUT2D eigenvalue weighted by atomic mass is 35.5. The lowest BCUT2D eigenvalue weighted by Gasteiger charge is -2.19. The van der Waals surface area contributed by atoms with Crippen LogP contribution >= 0.6 is 23.2 Å². The number of nitrogen functional groups attached to an aromatic ring is 1. The molecule has 8 heteroatoms. The lowest BCUT2D eigenvalue weighted by Crippen LogP contribution is -2.35. The fourth-order valence-electron chi connectivity index (χ4n) is 2.04. The van der Waals surface area contributed by atoms with Crippen LogP contribution in [0.3, 0.4) is 0 Å². The molecule has 0 saturated heterocycles. The highest BCUT2D eigenvalue weighted by molar-refractivity contribution is 6.37. The van der Waals surface area contributed by atoms with Crippen molar-refractivity contribution >= 4 is 46.5 Å². The molecule has 0 bridgehead atoms. The van der Waals surface area contributed by atoms with E-state index in [9.17, 15) is 9.59 Å². The molecule has 0 fully saturated rings. The van der Waals surface area contributed by atoms with Gasteiger partial charge in [-0.1, -0.05) is 41.4 Å². The summed E-state index contributed by atoms with van der Waals surface area (Å²) in [5, 5.41) is 9.23. The molecule has 2 rings (SSSR count). The minimum Gasteiger partial charge on any atom is -0.452 e. The van der Waals surface area contributed by atoms with E-state index in [4.69, 9.17) is 38.9 Å². The lowest BCUT2D eigenvalue weighted by molar-refractivity contribution is -0.121. The van der Waals surface area contributed by atoms with Crippen LogP contribution in [0.25, 0.3) is 0 Å². The van der Waals surface area contributed by atoms with Crippen LogP contribution in [0.1, 0.15) is 10.4 Å². The average Bonchev–Trinajstić information content (AvgIpc) is 2.61. The molecule has 1 amide bonds. The molecule has 0 unspecified atom stereocenters. The second-order valence-corrected chi connectivity index (χ2v) is 5.74. The number of nitrogens with zero attached hydrogens (tertiary/aromatic N) is 2. The summed E-state index contributed by atoms with van der Waals surface area (Å²) >= 11 is 11.7. The molecule has 0 aliphatic heterocycles. The Morgan fingerprint density at radius 2 is 1.88 bits per heavy atom. The number of carbonyl (C=O) groups is 2. The van der Waals surface area contributed by atoms with Gasteiger partial charge in [-0.3, -0.25) is 9.69 Å². The van der Waals surface area contributed by atoms with Crippen molar-refractivity contribution < 1.29 is 14.3 Å². The number of hydrogen-bond donors (Lipinski definition) is 1. The summed E-state index contributed by atoms with van der Waals surface area (Å²) < 4.78 is 4.99. The van der Waals surface area contributed by atoms with Gasteiger partial charge in [0.2, 0.25) is 0 Å². The third-order valence-corrected chi connectivity index (χ3v) is 3.77. The van der Waals surface area contributed by atoms with Crippen LogP contribution in [-0.4, -0.2) is 25.0 Å².